The van der Waals surface area contributed by atoms with Crippen LogP contribution in [0.1, 0.15) is 124 Å². The third-order valence-corrected chi connectivity index (χ3v) is 9.46. The molecule has 3 unspecified atom stereocenters. The number of aromatic nitrogens is 2. The first-order valence-corrected chi connectivity index (χ1v) is 15.8. The first-order valence-electron chi connectivity index (χ1n) is 15.8. The summed E-state index contributed by atoms with van der Waals surface area (Å²) in [6.07, 6.45) is 6.13. The molecule has 2 aliphatic heterocycles. The molecule has 4 heterocycles. The van der Waals surface area contributed by atoms with Gasteiger partial charge in [-0.3, -0.25) is 19.8 Å². The van der Waals surface area contributed by atoms with E-state index in [1.165, 1.54) is 46.7 Å². The zero-order valence-corrected chi connectivity index (χ0v) is 26.0. The normalized spacial score (nSPS) is 24.2. The summed E-state index contributed by atoms with van der Waals surface area (Å²) in [4.78, 5) is 15.3. The van der Waals surface area contributed by atoms with E-state index in [-0.39, 0.29) is 6.10 Å². The Hall–Kier alpha value is -1.86. The Morgan fingerprint density at radius 3 is 2.00 bits per heavy atom. The van der Waals surface area contributed by atoms with E-state index in [1.54, 1.807) is 0 Å². The largest absolute Gasteiger partial charge is 0.381 e. The number of hydrogen-bond donors (Lipinski definition) is 0. The van der Waals surface area contributed by atoms with Gasteiger partial charge in [0.1, 0.15) is 0 Å². The van der Waals surface area contributed by atoms with E-state index in [2.05, 4.69) is 82.8 Å². The van der Waals surface area contributed by atoms with E-state index in [4.69, 9.17) is 19.4 Å². The number of pyridine rings is 2. The van der Waals surface area contributed by atoms with Crippen molar-refractivity contribution in [1.82, 2.24) is 19.8 Å². The maximum Gasteiger partial charge on any atom is 0.0597 e. The van der Waals surface area contributed by atoms with Crippen molar-refractivity contribution in [2.24, 2.45) is 0 Å². The second kappa shape index (κ2) is 13.0. The lowest BCUT2D eigenvalue weighted by Crippen LogP contribution is -2.32. The predicted octanol–water partition coefficient (Wildman–Crippen LogP) is 6.60. The molecule has 0 spiro atoms. The molecule has 2 saturated heterocycles. The molecule has 0 bridgehead atoms. The van der Waals surface area contributed by atoms with Crippen LogP contribution in [0.2, 0.25) is 0 Å². The molecule has 2 aromatic rings. The summed E-state index contributed by atoms with van der Waals surface area (Å²) < 4.78 is 12.2. The lowest BCUT2D eigenvalue weighted by Gasteiger charge is -2.28. The van der Waals surface area contributed by atoms with E-state index < -0.39 is 0 Å². The lowest BCUT2D eigenvalue weighted by atomic mass is 9.91. The summed E-state index contributed by atoms with van der Waals surface area (Å²) in [7, 11) is 4.50. The van der Waals surface area contributed by atoms with Crippen LogP contribution < -0.4 is 0 Å². The fraction of sp³-hybridized carbons (Fsp3) is 0.706. The minimum absolute atomic E-state index is 0.277. The third kappa shape index (κ3) is 7.13. The number of hydrogen-bond acceptors (Lipinski definition) is 6. The van der Waals surface area contributed by atoms with Crippen molar-refractivity contribution in [1.29, 1.82) is 0 Å². The minimum atomic E-state index is 0.277. The van der Waals surface area contributed by atoms with Gasteiger partial charge in [0.25, 0.3) is 0 Å². The molecule has 0 N–H and O–H groups in total. The molecular formula is C34H52N4O2. The number of nitrogens with zero attached hydrogens (tertiary/aromatic N) is 4. The van der Waals surface area contributed by atoms with Crippen LogP contribution in [0.4, 0.5) is 0 Å². The summed E-state index contributed by atoms with van der Waals surface area (Å²) in [6.45, 7) is 15.6. The Labute approximate surface area is 242 Å². The molecule has 3 fully saturated rings. The molecular weight excluding hydrogens is 496 g/mol. The number of rotatable bonds is 12. The van der Waals surface area contributed by atoms with Crippen molar-refractivity contribution in [2.45, 2.75) is 122 Å². The summed E-state index contributed by atoms with van der Waals surface area (Å²) in [6, 6.07) is 10.3. The van der Waals surface area contributed by atoms with Gasteiger partial charge in [-0.25, -0.2) is 0 Å². The minimum Gasteiger partial charge on any atom is -0.381 e. The molecule has 2 aromatic heterocycles. The molecule has 1 saturated carbocycles. The highest BCUT2D eigenvalue weighted by atomic mass is 16.5. The van der Waals surface area contributed by atoms with Crippen LogP contribution in [-0.2, 0) is 22.6 Å². The van der Waals surface area contributed by atoms with Crippen LogP contribution in [-0.4, -0.2) is 71.9 Å². The summed E-state index contributed by atoms with van der Waals surface area (Å²) in [5.41, 5.74) is 7.65. The second-order valence-electron chi connectivity index (χ2n) is 13.4. The molecule has 5 rings (SSSR count). The summed E-state index contributed by atoms with van der Waals surface area (Å²) in [5.74, 6) is 1.77. The molecule has 6 heteroatoms. The van der Waals surface area contributed by atoms with Crippen molar-refractivity contribution in [3.63, 3.8) is 0 Å². The average molecular weight is 549 g/mol. The van der Waals surface area contributed by atoms with Crippen molar-refractivity contribution >= 4 is 0 Å². The van der Waals surface area contributed by atoms with E-state index in [0.717, 1.165) is 58.2 Å². The molecule has 6 nitrogen and oxygen atoms in total. The fourth-order valence-corrected chi connectivity index (χ4v) is 6.40. The monoisotopic (exact) mass is 548 g/mol. The van der Waals surface area contributed by atoms with Gasteiger partial charge in [-0.2, -0.15) is 0 Å². The topological polar surface area (TPSA) is 50.7 Å². The first-order chi connectivity index (χ1) is 19.2. The van der Waals surface area contributed by atoms with E-state index in [9.17, 15) is 0 Å². The maximum atomic E-state index is 6.44. The van der Waals surface area contributed by atoms with Crippen molar-refractivity contribution in [3.05, 3.63) is 58.2 Å². The maximum absolute atomic E-state index is 6.44. The van der Waals surface area contributed by atoms with Crippen LogP contribution in [0, 0.1) is 0 Å². The molecule has 0 amide bonds. The van der Waals surface area contributed by atoms with Crippen LogP contribution in [0.25, 0.3) is 0 Å². The van der Waals surface area contributed by atoms with Gasteiger partial charge in [0.2, 0.25) is 0 Å². The highest BCUT2D eigenvalue weighted by Crippen LogP contribution is 2.36. The fourth-order valence-electron chi connectivity index (χ4n) is 6.40. The quantitative estimate of drug-likeness (QED) is 0.298. The van der Waals surface area contributed by atoms with Gasteiger partial charge in [-0.1, -0.05) is 39.8 Å². The SMILES string of the molecule is CC(C)c1ccc(C2CCOC2)c(CN(C)C(C)CC2C[C@H](c3ccc(C(C)C)nc3CN(C)C3CC3)CO2)n1. The Morgan fingerprint density at radius 2 is 1.43 bits per heavy atom. The Morgan fingerprint density at radius 1 is 0.800 bits per heavy atom. The molecule has 40 heavy (non-hydrogen) atoms. The van der Waals surface area contributed by atoms with Crippen molar-refractivity contribution in [2.75, 3.05) is 33.9 Å². The average Bonchev–Trinajstić information content (AvgIpc) is 3.44. The summed E-state index contributed by atoms with van der Waals surface area (Å²) in [5, 5.41) is 0. The second-order valence-corrected chi connectivity index (χ2v) is 13.4. The zero-order valence-electron chi connectivity index (χ0n) is 26.0. The smallest absolute Gasteiger partial charge is 0.0597 e. The van der Waals surface area contributed by atoms with Crippen molar-refractivity contribution < 1.29 is 9.47 Å². The Bertz CT molecular complexity index is 1120. The van der Waals surface area contributed by atoms with E-state index >= 15 is 0 Å². The standard InChI is InChI=1S/C34H52N4O2/c1-22(2)31-12-10-29(25-14-15-39-20-25)33(35-31)18-37(6)24(5)16-28-17-26(21-40-28)30-11-13-32(23(3)4)36-34(30)19-38(7)27-8-9-27/h10-13,22-28H,8-9,14-21H2,1-7H3/t24?,25?,26-,28?/m0/s1. The first kappa shape index (κ1) is 29.6. The number of ether oxygens (including phenoxy) is 2. The van der Waals surface area contributed by atoms with E-state index in [0.29, 0.717) is 29.7 Å². The van der Waals surface area contributed by atoms with Crippen molar-refractivity contribution in [3.8, 4) is 0 Å². The molecule has 4 atom stereocenters. The van der Waals surface area contributed by atoms with Gasteiger partial charge in [0.05, 0.1) is 30.7 Å². The van der Waals surface area contributed by atoms with Crippen LogP contribution >= 0.6 is 0 Å². The Kier molecular flexibility index (Phi) is 9.61. The summed E-state index contributed by atoms with van der Waals surface area (Å²) >= 11 is 0. The Balaban J connectivity index is 1.23. The molecule has 0 radical (unpaired) electrons. The van der Waals surface area contributed by atoms with Crippen LogP contribution in [0.5, 0.6) is 0 Å². The van der Waals surface area contributed by atoms with Crippen LogP contribution in [0.15, 0.2) is 24.3 Å². The molecule has 220 valence electrons. The van der Waals surface area contributed by atoms with E-state index in [1.807, 2.05) is 0 Å². The predicted molar refractivity (Wildman–Crippen MR) is 162 cm³/mol. The third-order valence-electron chi connectivity index (χ3n) is 9.46. The van der Waals surface area contributed by atoms with Gasteiger partial charge < -0.3 is 9.47 Å². The zero-order chi connectivity index (χ0) is 28.4. The van der Waals surface area contributed by atoms with Gasteiger partial charge >= 0.3 is 0 Å². The van der Waals surface area contributed by atoms with Gasteiger partial charge in [-0.05, 0) is 88.2 Å². The molecule has 3 aliphatic rings. The lowest BCUT2D eigenvalue weighted by molar-refractivity contribution is 0.0762. The molecule has 0 aromatic carbocycles. The highest BCUT2D eigenvalue weighted by Gasteiger charge is 2.33. The van der Waals surface area contributed by atoms with Gasteiger partial charge in [0, 0.05) is 55.0 Å². The highest BCUT2D eigenvalue weighted by molar-refractivity contribution is 5.30. The van der Waals surface area contributed by atoms with Crippen LogP contribution in [0.3, 0.4) is 0 Å². The molecule has 1 aliphatic carbocycles. The van der Waals surface area contributed by atoms with Gasteiger partial charge in [0.15, 0.2) is 0 Å². The van der Waals surface area contributed by atoms with Gasteiger partial charge in [-0.15, -0.1) is 0 Å².